The van der Waals surface area contributed by atoms with E-state index in [1.807, 2.05) is 18.2 Å². The van der Waals surface area contributed by atoms with E-state index in [4.69, 9.17) is 10.4 Å². The minimum absolute atomic E-state index is 0. The van der Waals surface area contributed by atoms with Crippen LogP contribution in [0.4, 0.5) is 0 Å². The zero-order valence-electron chi connectivity index (χ0n) is 9.80. The molecule has 1 aliphatic rings. The van der Waals surface area contributed by atoms with Crippen LogP contribution >= 0.6 is 12.4 Å². The predicted octanol–water partition coefficient (Wildman–Crippen LogP) is 1.59. The Morgan fingerprint density at radius 2 is 2.22 bits per heavy atom. The van der Waals surface area contributed by atoms with Crippen molar-refractivity contribution in [3.8, 4) is 6.07 Å². The maximum absolute atomic E-state index is 11.0. The minimum atomic E-state index is -0.804. The van der Waals surface area contributed by atoms with E-state index in [1.165, 1.54) is 0 Å². The van der Waals surface area contributed by atoms with Crippen molar-refractivity contribution in [2.45, 2.75) is 18.9 Å². The lowest BCUT2D eigenvalue weighted by Crippen LogP contribution is -2.36. The van der Waals surface area contributed by atoms with E-state index < -0.39 is 12.0 Å². The molecule has 1 heterocycles. The molecule has 1 aliphatic heterocycles. The van der Waals surface area contributed by atoms with E-state index in [-0.39, 0.29) is 18.3 Å². The summed E-state index contributed by atoms with van der Waals surface area (Å²) in [7, 11) is 0. The number of benzene rings is 1. The molecule has 1 aromatic carbocycles. The summed E-state index contributed by atoms with van der Waals surface area (Å²) in [6.07, 6.45) is 1.49. The normalized spacial score (nSPS) is 21.9. The van der Waals surface area contributed by atoms with Crippen LogP contribution in [0.15, 0.2) is 24.3 Å². The van der Waals surface area contributed by atoms with Crippen LogP contribution in [0.5, 0.6) is 0 Å². The number of rotatable bonds is 3. The van der Waals surface area contributed by atoms with Crippen LogP contribution in [0.25, 0.3) is 0 Å². The van der Waals surface area contributed by atoms with E-state index >= 15 is 0 Å². The molecule has 5 heteroatoms. The number of aliphatic carboxylic acids is 1. The molecule has 2 atom stereocenters. The second-order valence-corrected chi connectivity index (χ2v) is 4.29. The van der Waals surface area contributed by atoms with Gasteiger partial charge in [0, 0.05) is 0 Å². The number of halogens is 1. The van der Waals surface area contributed by atoms with Crippen LogP contribution < -0.4 is 5.32 Å². The molecule has 0 amide bonds. The zero-order valence-corrected chi connectivity index (χ0v) is 10.6. The Bertz CT molecular complexity index is 470. The lowest BCUT2D eigenvalue weighted by Gasteiger charge is -2.15. The highest BCUT2D eigenvalue weighted by atomic mass is 35.5. The summed E-state index contributed by atoms with van der Waals surface area (Å²) in [5.74, 6) is -0.732. The van der Waals surface area contributed by atoms with Gasteiger partial charge < -0.3 is 10.4 Å². The fourth-order valence-corrected chi connectivity index (χ4v) is 2.36. The first-order valence-electron chi connectivity index (χ1n) is 5.66. The zero-order chi connectivity index (χ0) is 12.3. The highest BCUT2D eigenvalue weighted by Gasteiger charge is 2.32. The Morgan fingerprint density at radius 3 is 2.89 bits per heavy atom. The van der Waals surface area contributed by atoms with Gasteiger partial charge in [-0.05, 0) is 36.9 Å². The van der Waals surface area contributed by atoms with Gasteiger partial charge in [-0.15, -0.1) is 12.4 Å². The van der Waals surface area contributed by atoms with Crippen LogP contribution in [0.2, 0.25) is 0 Å². The number of hydrogen-bond acceptors (Lipinski definition) is 3. The molecule has 1 aromatic rings. The summed E-state index contributed by atoms with van der Waals surface area (Å²) in [6, 6.07) is 9.04. The van der Waals surface area contributed by atoms with Gasteiger partial charge in [-0.25, -0.2) is 0 Å². The molecule has 1 saturated heterocycles. The van der Waals surface area contributed by atoms with Crippen LogP contribution in [0, 0.1) is 17.2 Å². The summed E-state index contributed by atoms with van der Waals surface area (Å²) >= 11 is 0. The SMILES string of the molecule is Cl.N#Cc1ccccc1CC1CCN[C@@H]1C(=O)O. The molecule has 0 aliphatic carbocycles. The number of hydrogen-bond donors (Lipinski definition) is 2. The average molecular weight is 267 g/mol. The predicted molar refractivity (Wildman–Crippen MR) is 69.6 cm³/mol. The van der Waals surface area contributed by atoms with E-state index in [1.54, 1.807) is 6.07 Å². The van der Waals surface area contributed by atoms with Crippen molar-refractivity contribution in [1.29, 1.82) is 5.26 Å². The Hall–Kier alpha value is -1.57. The Kier molecular flexibility index (Phi) is 5.14. The van der Waals surface area contributed by atoms with Gasteiger partial charge in [0.1, 0.15) is 6.04 Å². The molecular formula is C13H15ClN2O2. The molecule has 0 saturated carbocycles. The summed E-state index contributed by atoms with van der Waals surface area (Å²) in [5.41, 5.74) is 1.58. The molecular weight excluding hydrogens is 252 g/mol. The smallest absolute Gasteiger partial charge is 0.320 e. The molecule has 0 bridgehead atoms. The van der Waals surface area contributed by atoms with Gasteiger partial charge in [-0.1, -0.05) is 18.2 Å². The van der Waals surface area contributed by atoms with E-state index in [9.17, 15) is 4.79 Å². The topological polar surface area (TPSA) is 73.1 Å². The monoisotopic (exact) mass is 266 g/mol. The van der Waals surface area contributed by atoms with E-state index in [0.717, 1.165) is 18.5 Å². The van der Waals surface area contributed by atoms with Crippen molar-refractivity contribution in [2.24, 2.45) is 5.92 Å². The average Bonchev–Trinajstić information content (AvgIpc) is 2.78. The molecule has 0 radical (unpaired) electrons. The van der Waals surface area contributed by atoms with Gasteiger partial charge >= 0.3 is 5.97 Å². The van der Waals surface area contributed by atoms with E-state index in [2.05, 4.69) is 11.4 Å². The van der Waals surface area contributed by atoms with Crippen LogP contribution in [0.1, 0.15) is 17.5 Å². The molecule has 1 unspecified atom stereocenters. The molecule has 2 rings (SSSR count). The second kappa shape index (κ2) is 6.39. The number of nitrogens with zero attached hydrogens (tertiary/aromatic N) is 1. The summed E-state index contributed by atoms with van der Waals surface area (Å²) in [5, 5.41) is 21.0. The van der Waals surface area contributed by atoms with Crippen molar-refractivity contribution >= 4 is 18.4 Å². The first kappa shape index (κ1) is 14.5. The maximum atomic E-state index is 11.0. The third kappa shape index (κ3) is 3.00. The third-order valence-electron chi connectivity index (χ3n) is 3.24. The minimum Gasteiger partial charge on any atom is -0.480 e. The summed E-state index contributed by atoms with van der Waals surface area (Å²) in [4.78, 5) is 11.0. The highest BCUT2D eigenvalue weighted by Crippen LogP contribution is 2.22. The van der Waals surface area contributed by atoms with Crippen molar-refractivity contribution in [3.05, 3.63) is 35.4 Å². The van der Waals surface area contributed by atoms with Crippen molar-refractivity contribution in [1.82, 2.24) is 5.32 Å². The van der Waals surface area contributed by atoms with Crippen molar-refractivity contribution in [3.63, 3.8) is 0 Å². The van der Waals surface area contributed by atoms with Gasteiger partial charge in [0.25, 0.3) is 0 Å². The van der Waals surface area contributed by atoms with Gasteiger partial charge in [0.15, 0.2) is 0 Å². The van der Waals surface area contributed by atoms with Crippen LogP contribution in [-0.4, -0.2) is 23.7 Å². The number of nitriles is 1. The molecule has 4 nitrogen and oxygen atoms in total. The number of carbonyl (C=O) groups is 1. The largest absolute Gasteiger partial charge is 0.480 e. The van der Waals surface area contributed by atoms with Gasteiger partial charge in [-0.3, -0.25) is 4.79 Å². The summed E-state index contributed by atoms with van der Waals surface area (Å²) < 4.78 is 0. The first-order valence-corrected chi connectivity index (χ1v) is 5.66. The van der Waals surface area contributed by atoms with Gasteiger partial charge in [-0.2, -0.15) is 5.26 Å². The third-order valence-corrected chi connectivity index (χ3v) is 3.24. The molecule has 2 N–H and O–H groups in total. The fourth-order valence-electron chi connectivity index (χ4n) is 2.36. The van der Waals surface area contributed by atoms with Crippen molar-refractivity contribution in [2.75, 3.05) is 6.54 Å². The van der Waals surface area contributed by atoms with Gasteiger partial charge in [0.05, 0.1) is 11.6 Å². The molecule has 0 aromatic heterocycles. The lowest BCUT2D eigenvalue weighted by molar-refractivity contribution is -0.140. The Labute approximate surface area is 112 Å². The molecule has 1 fully saturated rings. The Morgan fingerprint density at radius 1 is 1.50 bits per heavy atom. The van der Waals surface area contributed by atoms with Crippen LogP contribution in [-0.2, 0) is 11.2 Å². The highest BCUT2D eigenvalue weighted by molar-refractivity contribution is 5.85. The fraction of sp³-hybridized carbons (Fsp3) is 0.385. The number of carboxylic acids is 1. The number of carboxylic acid groups (broad SMARTS) is 1. The quantitative estimate of drug-likeness (QED) is 0.871. The molecule has 18 heavy (non-hydrogen) atoms. The Balaban J connectivity index is 0.00000162. The molecule has 0 spiro atoms. The van der Waals surface area contributed by atoms with Gasteiger partial charge in [0.2, 0.25) is 0 Å². The standard InChI is InChI=1S/C13H14N2O2.ClH/c14-8-11-4-2-1-3-9(11)7-10-5-6-15-12(10)13(16)17;/h1-4,10,12,15H,5-7H2,(H,16,17);1H/t10?,12-;/m0./s1. The van der Waals surface area contributed by atoms with Crippen molar-refractivity contribution < 1.29 is 9.90 Å². The van der Waals surface area contributed by atoms with E-state index in [0.29, 0.717) is 12.0 Å². The maximum Gasteiger partial charge on any atom is 0.320 e. The first-order chi connectivity index (χ1) is 8.22. The second-order valence-electron chi connectivity index (χ2n) is 4.29. The molecule has 96 valence electrons. The lowest BCUT2D eigenvalue weighted by atomic mass is 9.90. The van der Waals surface area contributed by atoms with Crippen LogP contribution in [0.3, 0.4) is 0 Å². The summed E-state index contributed by atoms with van der Waals surface area (Å²) in [6.45, 7) is 0.732. The number of nitrogens with one attached hydrogen (secondary N) is 1.